The second-order valence-corrected chi connectivity index (χ2v) is 7.07. The summed E-state index contributed by atoms with van der Waals surface area (Å²) in [6.07, 6.45) is 2.97. The van der Waals surface area contributed by atoms with Crippen molar-refractivity contribution in [2.75, 3.05) is 6.54 Å². The Morgan fingerprint density at radius 2 is 1.80 bits per heavy atom. The average molecular weight is 282 g/mol. The Balaban J connectivity index is 2.84. The van der Waals surface area contributed by atoms with Gasteiger partial charge in [-0.15, -0.1) is 0 Å². The highest BCUT2D eigenvalue weighted by molar-refractivity contribution is 5.96. The number of amides is 2. The Morgan fingerprint density at radius 1 is 1.20 bits per heavy atom. The van der Waals surface area contributed by atoms with E-state index < -0.39 is 11.7 Å². The molecule has 2 amide bonds. The summed E-state index contributed by atoms with van der Waals surface area (Å²) in [6, 6.07) is 0. The van der Waals surface area contributed by atoms with Gasteiger partial charge in [-0.05, 0) is 54.4 Å². The largest absolute Gasteiger partial charge is 0.443 e. The van der Waals surface area contributed by atoms with Gasteiger partial charge in [0.2, 0.25) is 0 Å². The molecule has 0 radical (unpaired) electrons. The summed E-state index contributed by atoms with van der Waals surface area (Å²) in [6.45, 7) is 11.7. The molecule has 0 fully saturated rings. The van der Waals surface area contributed by atoms with Gasteiger partial charge in [-0.25, -0.2) is 4.79 Å². The molecular weight excluding hydrogens is 256 g/mol. The van der Waals surface area contributed by atoms with Gasteiger partial charge in [0.05, 0.1) is 0 Å². The molecule has 1 aliphatic rings. The van der Waals surface area contributed by atoms with Crippen molar-refractivity contribution >= 4 is 12.0 Å². The van der Waals surface area contributed by atoms with Crippen molar-refractivity contribution in [2.45, 2.75) is 65.5 Å². The number of hydrogen-bond acceptors (Lipinski definition) is 3. The SMILES string of the molecule is CC(C)(C)NC(=O)C1=CCCCN1C(=O)OC(C)(C)C. The number of carbonyl (C=O) groups excluding carboxylic acids is 2. The molecule has 114 valence electrons. The van der Waals surface area contributed by atoms with Crippen LogP contribution in [0.5, 0.6) is 0 Å². The van der Waals surface area contributed by atoms with Crippen LogP contribution >= 0.6 is 0 Å². The predicted octanol–water partition coefficient (Wildman–Crippen LogP) is 2.82. The van der Waals surface area contributed by atoms with E-state index in [0.717, 1.165) is 12.8 Å². The number of carbonyl (C=O) groups is 2. The molecule has 1 heterocycles. The van der Waals surface area contributed by atoms with Crippen LogP contribution in [0.1, 0.15) is 54.4 Å². The van der Waals surface area contributed by atoms with E-state index in [1.54, 1.807) is 6.08 Å². The second kappa shape index (κ2) is 5.85. The van der Waals surface area contributed by atoms with Crippen LogP contribution in [-0.4, -0.2) is 34.6 Å². The Labute approximate surface area is 121 Å². The quantitative estimate of drug-likeness (QED) is 0.804. The summed E-state index contributed by atoms with van der Waals surface area (Å²) in [7, 11) is 0. The van der Waals surface area contributed by atoms with Crippen LogP contribution in [0.3, 0.4) is 0 Å². The van der Waals surface area contributed by atoms with E-state index in [-0.39, 0.29) is 11.4 Å². The molecule has 0 aromatic rings. The van der Waals surface area contributed by atoms with Gasteiger partial charge >= 0.3 is 6.09 Å². The lowest BCUT2D eigenvalue weighted by molar-refractivity contribution is -0.120. The molecule has 1 N–H and O–H groups in total. The number of nitrogens with zero attached hydrogens (tertiary/aromatic N) is 1. The molecule has 1 aliphatic heterocycles. The van der Waals surface area contributed by atoms with Crippen molar-refractivity contribution in [1.82, 2.24) is 10.2 Å². The molecular formula is C15H26N2O3. The molecule has 0 saturated carbocycles. The Bertz CT molecular complexity index is 414. The molecule has 1 rings (SSSR count). The smallest absolute Gasteiger partial charge is 0.414 e. The normalized spacial score (nSPS) is 16.5. The first-order valence-corrected chi connectivity index (χ1v) is 7.03. The van der Waals surface area contributed by atoms with Gasteiger partial charge < -0.3 is 10.1 Å². The van der Waals surface area contributed by atoms with Crippen LogP contribution < -0.4 is 5.32 Å². The average Bonchev–Trinajstić information content (AvgIpc) is 2.24. The monoisotopic (exact) mass is 282 g/mol. The number of ether oxygens (including phenoxy) is 1. The molecule has 0 saturated heterocycles. The highest BCUT2D eigenvalue weighted by Crippen LogP contribution is 2.20. The zero-order chi connectivity index (χ0) is 15.6. The van der Waals surface area contributed by atoms with Gasteiger partial charge in [0.1, 0.15) is 11.3 Å². The van der Waals surface area contributed by atoms with Gasteiger partial charge in [-0.1, -0.05) is 6.08 Å². The van der Waals surface area contributed by atoms with E-state index in [9.17, 15) is 9.59 Å². The van der Waals surface area contributed by atoms with Crippen LogP contribution in [0.2, 0.25) is 0 Å². The van der Waals surface area contributed by atoms with Gasteiger partial charge in [-0.3, -0.25) is 9.69 Å². The summed E-state index contributed by atoms with van der Waals surface area (Å²) < 4.78 is 5.35. The van der Waals surface area contributed by atoms with E-state index in [1.807, 2.05) is 41.5 Å². The van der Waals surface area contributed by atoms with Crippen LogP contribution in [0, 0.1) is 0 Å². The maximum atomic E-state index is 12.3. The molecule has 0 unspecified atom stereocenters. The van der Waals surface area contributed by atoms with Crippen LogP contribution in [-0.2, 0) is 9.53 Å². The van der Waals surface area contributed by atoms with Gasteiger partial charge in [-0.2, -0.15) is 0 Å². The fourth-order valence-electron chi connectivity index (χ4n) is 1.85. The summed E-state index contributed by atoms with van der Waals surface area (Å²) in [4.78, 5) is 25.9. The number of rotatable bonds is 1. The molecule has 0 aromatic carbocycles. The third-order valence-corrected chi connectivity index (χ3v) is 2.55. The van der Waals surface area contributed by atoms with Crippen molar-refractivity contribution in [2.24, 2.45) is 0 Å². The molecule has 5 nitrogen and oxygen atoms in total. The van der Waals surface area contributed by atoms with E-state index in [1.165, 1.54) is 4.90 Å². The topological polar surface area (TPSA) is 58.6 Å². The third-order valence-electron chi connectivity index (χ3n) is 2.55. The highest BCUT2D eigenvalue weighted by Gasteiger charge is 2.30. The van der Waals surface area contributed by atoms with E-state index in [4.69, 9.17) is 4.74 Å². The molecule has 0 aromatic heterocycles. The van der Waals surface area contributed by atoms with E-state index >= 15 is 0 Å². The highest BCUT2D eigenvalue weighted by atomic mass is 16.6. The van der Waals surface area contributed by atoms with Gasteiger partial charge in [0, 0.05) is 12.1 Å². The Hall–Kier alpha value is -1.52. The lowest BCUT2D eigenvalue weighted by Crippen LogP contribution is -2.47. The lowest BCUT2D eigenvalue weighted by Gasteiger charge is -2.32. The van der Waals surface area contributed by atoms with Gasteiger partial charge in [0.15, 0.2) is 0 Å². The Kier molecular flexibility index (Phi) is 4.84. The number of nitrogens with one attached hydrogen (secondary N) is 1. The summed E-state index contributed by atoms with van der Waals surface area (Å²) in [5.74, 6) is -0.233. The molecule has 0 bridgehead atoms. The molecule has 5 heteroatoms. The first-order valence-electron chi connectivity index (χ1n) is 7.03. The lowest BCUT2D eigenvalue weighted by atomic mass is 10.1. The molecule has 0 atom stereocenters. The minimum absolute atomic E-state index is 0.233. The maximum absolute atomic E-state index is 12.3. The molecule has 20 heavy (non-hydrogen) atoms. The zero-order valence-corrected chi connectivity index (χ0v) is 13.4. The van der Waals surface area contributed by atoms with Crippen LogP contribution in [0.15, 0.2) is 11.8 Å². The Morgan fingerprint density at radius 3 is 2.30 bits per heavy atom. The van der Waals surface area contributed by atoms with E-state index in [2.05, 4.69) is 5.32 Å². The fourth-order valence-corrected chi connectivity index (χ4v) is 1.85. The van der Waals surface area contributed by atoms with Crippen molar-refractivity contribution in [3.8, 4) is 0 Å². The summed E-state index contributed by atoms with van der Waals surface area (Å²) in [5, 5.41) is 2.88. The van der Waals surface area contributed by atoms with Crippen molar-refractivity contribution < 1.29 is 14.3 Å². The molecule has 0 aliphatic carbocycles. The standard InChI is InChI=1S/C15H26N2O3/c1-14(2,3)16-12(18)11-9-7-8-10-17(11)13(19)20-15(4,5)6/h9H,7-8,10H2,1-6H3,(H,16,18). The minimum atomic E-state index is -0.569. The number of allylic oxidation sites excluding steroid dienone is 1. The minimum Gasteiger partial charge on any atom is -0.443 e. The molecule has 0 spiro atoms. The van der Waals surface area contributed by atoms with Gasteiger partial charge in [0.25, 0.3) is 5.91 Å². The maximum Gasteiger partial charge on any atom is 0.414 e. The summed E-state index contributed by atoms with van der Waals surface area (Å²) in [5.41, 5.74) is -0.518. The van der Waals surface area contributed by atoms with Crippen LogP contribution in [0.25, 0.3) is 0 Å². The second-order valence-electron chi connectivity index (χ2n) is 7.07. The number of hydrogen-bond donors (Lipinski definition) is 1. The third kappa shape index (κ3) is 5.23. The van der Waals surface area contributed by atoms with Crippen molar-refractivity contribution in [3.63, 3.8) is 0 Å². The fraction of sp³-hybridized carbons (Fsp3) is 0.733. The predicted molar refractivity (Wildman–Crippen MR) is 78.2 cm³/mol. The van der Waals surface area contributed by atoms with Crippen LogP contribution in [0.4, 0.5) is 4.79 Å². The first-order chi connectivity index (χ1) is 8.99. The zero-order valence-electron chi connectivity index (χ0n) is 13.4. The van der Waals surface area contributed by atoms with E-state index in [0.29, 0.717) is 12.2 Å². The first kappa shape index (κ1) is 16.5. The van der Waals surface area contributed by atoms with Crippen molar-refractivity contribution in [1.29, 1.82) is 0 Å². The van der Waals surface area contributed by atoms with Crippen molar-refractivity contribution in [3.05, 3.63) is 11.8 Å². The summed E-state index contributed by atoms with van der Waals surface area (Å²) >= 11 is 0.